The Bertz CT molecular complexity index is 747. The van der Waals surface area contributed by atoms with Gasteiger partial charge in [0.05, 0.1) is 36.4 Å². The molecule has 1 aromatic rings. The van der Waals surface area contributed by atoms with Crippen LogP contribution in [0, 0.1) is 0 Å². The van der Waals surface area contributed by atoms with Crippen molar-refractivity contribution < 1.29 is 24.2 Å². The van der Waals surface area contributed by atoms with Gasteiger partial charge in [-0.15, -0.1) is 0 Å². The van der Waals surface area contributed by atoms with E-state index in [9.17, 15) is 14.4 Å². The number of hydrogen-bond donors (Lipinski definition) is 3. The zero-order chi connectivity index (χ0) is 18.6. The number of amides is 2. The first-order valence-corrected chi connectivity index (χ1v) is 7.81. The van der Waals surface area contributed by atoms with Crippen LogP contribution in [0.1, 0.15) is 10.4 Å². The van der Waals surface area contributed by atoms with E-state index in [0.717, 1.165) is 0 Å². The highest BCUT2D eigenvalue weighted by Crippen LogP contribution is 2.25. The maximum Gasteiger partial charge on any atom is 0.337 e. The summed E-state index contributed by atoms with van der Waals surface area (Å²) in [5, 5.41) is 14.6. The van der Waals surface area contributed by atoms with Crippen molar-refractivity contribution in [3.8, 4) is 0 Å². The zero-order valence-electron chi connectivity index (χ0n) is 13.8. The molecule has 0 aliphatic carbocycles. The van der Waals surface area contributed by atoms with Gasteiger partial charge in [0.15, 0.2) is 0 Å². The number of nitrogens with one attached hydrogen (secondary N) is 2. The van der Waals surface area contributed by atoms with Crippen molar-refractivity contribution in [3.63, 3.8) is 0 Å². The number of aliphatic hydroxyl groups is 1. The number of halogens is 1. The Hall–Kier alpha value is -2.58. The molecular formula is C16H18ClN3O5. The quantitative estimate of drug-likeness (QED) is 0.627. The number of β-amino-alcohol motifs (C(OH)–C–C–N with tert-alkyl or cyclic N) is 1. The molecule has 1 aliphatic rings. The number of rotatable bonds is 6. The van der Waals surface area contributed by atoms with Crippen molar-refractivity contribution in [2.45, 2.75) is 0 Å². The average Bonchev–Trinajstić information content (AvgIpc) is 2.92. The molecule has 0 saturated carbocycles. The topological polar surface area (TPSA) is 108 Å². The highest BCUT2D eigenvalue weighted by atomic mass is 35.5. The summed E-state index contributed by atoms with van der Waals surface area (Å²) in [7, 11) is 2.70. The fourth-order valence-electron chi connectivity index (χ4n) is 2.40. The Labute approximate surface area is 149 Å². The minimum atomic E-state index is -0.642. The summed E-state index contributed by atoms with van der Waals surface area (Å²) in [5.41, 5.74) is 0.841. The van der Waals surface area contributed by atoms with Gasteiger partial charge in [0.1, 0.15) is 5.70 Å². The molecule has 2 amide bonds. The third-order valence-electron chi connectivity index (χ3n) is 3.66. The lowest BCUT2D eigenvalue weighted by Crippen LogP contribution is -2.31. The molecule has 9 heteroatoms. The van der Waals surface area contributed by atoms with E-state index in [0.29, 0.717) is 5.69 Å². The summed E-state index contributed by atoms with van der Waals surface area (Å²) in [5.74, 6) is -1.46. The molecule has 1 heterocycles. The normalized spacial score (nSPS) is 13.9. The van der Waals surface area contributed by atoms with Gasteiger partial charge in [-0.25, -0.2) is 4.79 Å². The van der Waals surface area contributed by atoms with Crippen molar-refractivity contribution in [3.05, 3.63) is 40.1 Å². The molecule has 0 bridgehead atoms. The number of methoxy groups -OCH3 is 1. The lowest BCUT2D eigenvalue weighted by atomic mass is 10.1. The molecule has 1 aromatic carbocycles. The minimum Gasteiger partial charge on any atom is -0.466 e. The molecule has 2 rings (SSSR count). The zero-order valence-corrected chi connectivity index (χ0v) is 14.5. The molecule has 1 aliphatic heterocycles. The van der Waals surface area contributed by atoms with Crippen molar-refractivity contribution in [1.29, 1.82) is 0 Å². The number of hydrogen-bond acceptors (Lipinski definition) is 6. The number of anilines is 1. The fourth-order valence-corrected chi connectivity index (χ4v) is 2.61. The first kappa shape index (κ1) is 18.8. The van der Waals surface area contributed by atoms with Crippen LogP contribution in [0.3, 0.4) is 0 Å². The van der Waals surface area contributed by atoms with Crippen LogP contribution in [0.4, 0.5) is 5.69 Å². The number of esters is 1. The van der Waals surface area contributed by atoms with Gasteiger partial charge < -0.3 is 25.4 Å². The third-order valence-corrected chi connectivity index (χ3v) is 3.99. The first-order chi connectivity index (χ1) is 11.9. The molecule has 0 radical (unpaired) electrons. The van der Waals surface area contributed by atoms with Crippen molar-refractivity contribution >= 4 is 35.1 Å². The Kier molecular flexibility index (Phi) is 6.00. The molecule has 134 valence electrons. The standard InChI is InChI=1S/C16H18ClN3O5/c1-18-14(22)10-7-9(3-4-12(10)17)19-13-11(16(24)25-2)8-20(5-6-21)15(13)23/h3-4,7,19,21H,5-6,8H2,1-2H3,(H,18,22). The van der Waals surface area contributed by atoms with Gasteiger partial charge in [0, 0.05) is 19.3 Å². The summed E-state index contributed by atoms with van der Waals surface area (Å²) in [4.78, 5) is 37.5. The number of carbonyl (C=O) groups is 3. The molecular weight excluding hydrogens is 350 g/mol. The minimum absolute atomic E-state index is 0.0320. The fraction of sp³-hybridized carbons (Fsp3) is 0.312. The monoisotopic (exact) mass is 367 g/mol. The SMILES string of the molecule is CNC(=O)c1cc(NC2=C(C(=O)OC)CN(CCO)C2=O)ccc1Cl. The second kappa shape index (κ2) is 8.00. The number of carbonyl (C=O) groups excluding carboxylic acids is 3. The molecule has 3 N–H and O–H groups in total. The van der Waals surface area contributed by atoms with Crippen LogP contribution in [-0.4, -0.2) is 61.6 Å². The van der Waals surface area contributed by atoms with E-state index >= 15 is 0 Å². The van der Waals surface area contributed by atoms with Gasteiger partial charge in [-0.2, -0.15) is 0 Å². The first-order valence-electron chi connectivity index (χ1n) is 7.43. The molecule has 25 heavy (non-hydrogen) atoms. The van der Waals surface area contributed by atoms with Gasteiger partial charge in [-0.05, 0) is 18.2 Å². The number of benzene rings is 1. The lowest BCUT2D eigenvalue weighted by Gasteiger charge is -2.15. The van der Waals surface area contributed by atoms with Crippen molar-refractivity contribution in [2.24, 2.45) is 0 Å². The van der Waals surface area contributed by atoms with E-state index in [2.05, 4.69) is 10.6 Å². The predicted molar refractivity (Wildman–Crippen MR) is 91.2 cm³/mol. The third kappa shape index (κ3) is 3.92. The highest BCUT2D eigenvalue weighted by Gasteiger charge is 2.34. The summed E-state index contributed by atoms with van der Waals surface area (Å²) in [6.07, 6.45) is 0. The van der Waals surface area contributed by atoms with E-state index < -0.39 is 11.9 Å². The highest BCUT2D eigenvalue weighted by molar-refractivity contribution is 6.34. The largest absolute Gasteiger partial charge is 0.466 e. The van der Waals surface area contributed by atoms with Gasteiger partial charge in [-0.3, -0.25) is 9.59 Å². The molecule has 0 unspecified atom stereocenters. The van der Waals surface area contributed by atoms with Crippen LogP contribution < -0.4 is 10.6 Å². The second-order valence-corrected chi connectivity index (χ2v) is 5.60. The van der Waals surface area contributed by atoms with Crippen LogP contribution >= 0.6 is 11.6 Å². The van der Waals surface area contributed by atoms with E-state index in [1.165, 1.54) is 31.2 Å². The van der Waals surface area contributed by atoms with E-state index in [4.69, 9.17) is 21.4 Å². The van der Waals surface area contributed by atoms with Crippen molar-refractivity contribution in [2.75, 3.05) is 39.2 Å². The summed E-state index contributed by atoms with van der Waals surface area (Å²) in [6.45, 7) is -0.103. The van der Waals surface area contributed by atoms with Crippen LogP contribution in [0.2, 0.25) is 5.02 Å². The lowest BCUT2D eigenvalue weighted by molar-refractivity contribution is -0.136. The van der Waals surface area contributed by atoms with Gasteiger partial charge in [0.2, 0.25) is 0 Å². The Morgan fingerprint density at radius 3 is 2.72 bits per heavy atom. The molecule has 0 fully saturated rings. The molecule has 0 spiro atoms. The summed E-state index contributed by atoms with van der Waals surface area (Å²) in [6, 6.07) is 4.57. The van der Waals surface area contributed by atoms with Gasteiger partial charge in [-0.1, -0.05) is 11.6 Å². The predicted octanol–water partition coefficient (Wildman–Crippen LogP) is 0.373. The number of aliphatic hydroxyl groups excluding tert-OH is 1. The Morgan fingerprint density at radius 1 is 1.40 bits per heavy atom. The van der Waals surface area contributed by atoms with Gasteiger partial charge >= 0.3 is 5.97 Å². The van der Waals surface area contributed by atoms with Crippen LogP contribution in [0.15, 0.2) is 29.5 Å². The molecule has 8 nitrogen and oxygen atoms in total. The van der Waals surface area contributed by atoms with E-state index in [1.54, 1.807) is 6.07 Å². The maximum absolute atomic E-state index is 12.5. The van der Waals surface area contributed by atoms with Gasteiger partial charge in [0.25, 0.3) is 11.8 Å². The number of ether oxygens (including phenoxy) is 1. The molecule has 0 atom stereocenters. The van der Waals surface area contributed by atoms with Crippen LogP contribution in [0.25, 0.3) is 0 Å². The average molecular weight is 368 g/mol. The maximum atomic E-state index is 12.5. The summed E-state index contributed by atoms with van der Waals surface area (Å²) >= 11 is 6.00. The van der Waals surface area contributed by atoms with Crippen LogP contribution in [0.5, 0.6) is 0 Å². The Morgan fingerprint density at radius 2 is 2.12 bits per heavy atom. The van der Waals surface area contributed by atoms with E-state index in [1.807, 2.05) is 0 Å². The van der Waals surface area contributed by atoms with Crippen molar-refractivity contribution in [1.82, 2.24) is 10.2 Å². The van der Waals surface area contributed by atoms with E-state index in [-0.39, 0.29) is 47.5 Å². The Balaban J connectivity index is 2.37. The molecule has 0 aromatic heterocycles. The summed E-state index contributed by atoms with van der Waals surface area (Å²) < 4.78 is 4.71. The van der Waals surface area contributed by atoms with Crippen LogP contribution in [-0.2, 0) is 14.3 Å². The number of nitrogens with zero attached hydrogens (tertiary/aromatic N) is 1. The second-order valence-electron chi connectivity index (χ2n) is 5.19. The molecule has 0 saturated heterocycles. The smallest absolute Gasteiger partial charge is 0.337 e.